The topological polar surface area (TPSA) is 60.9 Å². The van der Waals surface area contributed by atoms with Crippen LogP contribution in [0.3, 0.4) is 0 Å². The second-order valence-electron chi connectivity index (χ2n) is 5.03. The fourth-order valence-corrected chi connectivity index (χ4v) is 1.87. The Kier molecular flexibility index (Phi) is 5.24. The van der Waals surface area contributed by atoms with E-state index in [1.54, 1.807) is 6.92 Å². The average molecular weight is 296 g/mol. The summed E-state index contributed by atoms with van der Waals surface area (Å²) in [6, 6.07) is -1.11. The molecule has 1 N–H and O–H groups in total. The highest BCUT2D eigenvalue weighted by atomic mass is 19.4. The quantitative estimate of drug-likeness (QED) is 0.817. The number of carboxylic acids is 1. The van der Waals surface area contributed by atoms with E-state index < -0.39 is 30.6 Å². The van der Waals surface area contributed by atoms with Crippen LogP contribution in [0.1, 0.15) is 26.7 Å². The van der Waals surface area contributed by atoms with Crippen molar-refractivity contribution < 1.29 is 27.9 Å². The van der Waals surface area contributed by atoms with Gasteiger partial charge in [0.2, 0.25) is 0 Å². The third kappa shape index (κ3) is 4.90. The van der Waals surface area contributed by atoms with E-state index in [9.17, 15) is 22.8 Å². The van der Waals surface area contributed by atoms with Crippen LogP contribution in [0, 0.1) is 5.92 Å². The van der Waals surface area contributed by atoms with E-state index in [1.807, 2.05) is 0 Å². The van der Waals surface area contributed by atoms with Crippen molar-refractivity contribution in [1.82, 2.24) is 9.80 Å². The van der Waals surface area contributed by atoms with Gasteiger partial charge >= 0.3 is 18.2 Å². The second kappa shape index (κ2) is 6.32. The van der Waals surface area contributed by atoms with E-state index in [1.165, 1.54) is 6.92 Å². The molecule has 1 atom stereocenters. The predicted molar refractivity (Wildman–Crippen MR) is 65.2 cm³/mol. The lowest BCUT2D eigenvalue weighted by molar-refractivity contribution is -0.144. The first-order chi connectivity index (χ1) is 9.15. The minimum absolute atomic E-state index is 0.0915. The summed E-state index contributed by atoms with van der Waals surface area (Å²) in [5.41, 5.74) is 0. The maximum absolute atomic E-state index is 12.5. The van der Waals surface area contributed by atoms with Gasteiger partial charge in [0.25, 0.3) is 0 Å². The van der Waals surface area contributed by atoms with Gasteiger partial charge in [0.1, 0.15) is 6.54 Å². The summed E-state index contributed by atoms with van der Waals surface area (Å²) in [4.78, 5) is 24.9. The lowest BCUT2D eigenvalue weighted by Crippen LogP contribution is -2.49. The van der Waals surface area contributed by atoms with Crippen molar-refractivity contribution in [2.24, 2.45) is 5.92 Å². The van der Waals surface area contributed by atoms with Crippen molar-refractivity contribution in [2.45, 2.75) is 38.9 Å². The largest absolute Gasteiger partial charge is 0.481 e. The number of halogens is 3. The first-order valence-electron chi connectivity index (χ1n) is 6.50. The summed E-state index contributed by atoms with van der Waals surface area (Å²) in [5.74, 6) is -1.89. The molecule has 0 heterocycles. The Morgan fingerprint density at radius 2 is 1.90 bits per heavy atom. The molecule has 0 aromatic heterocycles. The Balaban J connectivity index is 2.73. The molecule has 0 bridgehead atoms. The van der Waals surface area contributed by atoms with Crippen molar-refractivity contribution in [1.29, 1.82) is 0 Å². The van der Waals surface area contributed by atoms with Gasteiger partial charge in [0.05, 0.1) is 5.92 Å². The van der Waals surface area contributed by atoms with Crippen molar-refractivity contribution >= 4 is 12.0 Å². The minimum Gasteiger partial charge on any atom is -0.481 e. The van der Waals surface area contributed by atoms with Crippen LogP contribution in [0.4, 0.5) is 18.0 Å². The number of carbonyl (C=O) groups excluding carboxylic acids is 1. The predicted octanol–water partition coefficient (Wildman–Crippen LogP) is 2.18. The van der Waals surface area contributed by atoms with Gasteiger partial charge in [-0.05, 0) is 19.8 Å². The number of alkyl halides is 3. The van der Waals surface area contributed by atoms with Gasteiger partial charge in [-0.3, -0.25) is 4.79 Å². The minimum atomic E-state index is -4.45. The van der Waals surface area contributed by atoms with Crippen LogP contribution >= 0.6 is 0 Å². The van der Waals surface area contributed by atoms with Crippen LogP contribution in [0.2, 0.25) is 0 Å². The zero-order valence-electron chi connectivity index (χ0n) is 11.5. The average Bonchev–Trinajstić information content (AvgIpc) is 3.14. The number of aliphatic carboxylic acids is 1. The molecule has 1 aliphatic rings. The van der Waals surface area contributed by atoms with Gasteiger partial charge in [-0.25, -0.2) is 4.79 Å². The Hall–Kier alpha value is -1.47. The van der Waals surface area contributed by atoms with E-state index >= 15 is 0 Å². The normalized spacial score (nSPS) is 16.6. The van der Waals surface area contributed by atoms with E-state index in [2.05, 4.69) is 0 Å². The number of nitrogens with zero attached hydrogens (tertiary/aromatic N) is 2. The molecule has 1 saturated carbocycles. The van der Waals surface area contributed by atoms with Gasteiger partial charge in [-0.1, -0.05) is 6.92 Å². The van der Waals surface area contributed by atoms with Crippen molar-refractivity contribution in [3.63, 3.8) is 0 Å². The standard InChI is InChI=1S/C12H19F3N2O3/c1-3-16(6-8(2)10(18)19)11(20)17(9-4-5-9)7-12(13,14)15/h8-9H,3-7H2,1-2H3,(H,18,19). The molecule has 5 nitrogen and oxygen atoms in total. The second-order valence-corrected chi connectivity index (χ2v) is 5.03. The van der Waals surface area contributed by atoms with E-state index in [0.717, 1.165) is 9.80 Å². The lowest BCUT2D eigenvalue weighted by atomic mass is 10.2. The zero-order chi connectivity index (χ0) is 15.5. The number of carbonyl (C=O) groups is 2. The number of urea groups is 1. The van der Waals surface area contributed by atoms with Gasteiger partial charge < -0.3 is 14.9 Å². The molecular formula is C12H19F3N2O3. The van der Waals surface area contributed by atoms with E-state index in [4.69, 9.17) is 5.11 Å². The summed E-state index contributed by atoms with van der Waals surface area (Å²) in [6.07, 6.45) is -3.32. The molecule has 2 amide bonds. The van der Waals surface area contributed by atoms with Crippen LogP contribution in [-0.2, 0) is 4.79 Å². The summed E-state index contributed by atoms with van der Waals surface area (Å²) >= 11 is 0. The molecule has 0 radical (unpaired) electrons. The number of hydrogen-bond donors (Lipinski definition) is 1. The first-order valence-corrected chi connectivity index (χ1v) is 6.50. The Bertz CT molecular complexity index is 369. The number of hydrogen-bond acceptors (Lipinski definition) is 2. The van der Waals surface area contributed by atoms with Gasteiger partial charge in [-0.15, -0.1) is 0 Å². The van der Waals surface area contributed by atoms with E-state index in [0.29, 0.717) is 12.8 Å². The lowest BCUT2D eigenvalue weighted by Gasteiger charge is -2.31. The highest BCUT2D eigenvalue weighted by Gasteiger charge is 2.42. The number of carboxylic acid groups (broad SMARTS) is 1. The summed E-state index contributed by atoms with van der Waals surface area (Å²) in [5, 5.41) is 8.82. The van der Waals surface area contributed by atoms with Crippen LogP contribution in [0.5, 0.6) is 0 Å². The van der Waals surface area contributed by atoms with Crippen LogP contribution < -0.4 is 0 Å². The third-order valence-corrected chi connectivity index (χ3v) is 3.15. The fraction of sp³-hybridized carbons (Fsp3) is 0.833. The van der Waals surface area contributed by atoms with Gasteiger partial charge in [0.15, 0.2) is 0 Å². The van der Waals surface area contributed by atoms with Gasteiger partial charge in [0, 0.05) is 19.1 Å². The zero-order valence-corrected chi connectivity index (χ0v) is 11.5. The summed E-state index contributed by atoms with van der Waals surface area (Å²) in [6.45, 7) is 1.84. The molecule has 8 heteroatoms. The number of rotatable bonds is 6. The first kappa shape index (κ1) is 16.6. The Morgan fingerprint density at radius 1 is 1.35 bits per heavy atom. The molecule has 116 valence electrons. The van der Waals surface area contributed by atoms with Crippen LogP contribution in [-0.4, -0.2) is 58.8 Å². The molecule has 0 aliphatic heterocycles. The molecule has 1 fully saturated rings. The molecule has 1 unspecified atom stereocenters. The Morgan fingerprint density at radius 3 is 2.25 bits per heavy atom. The molecule has 0 aromatic carbocycles. The highest BCUT2D eigenvalue weighted by molar-refractivity contribution is 5.76. The summed E-state index contributed by atoms with van der Waals surface area (Å²) < 4.78 is 37.5. The molecule has 0 aromatic rings. The SMILES string of the molecule is CCN(CC(C)C(=O)O)C(=O)N(CC(F)(F)F)C1CC1. The van der Waals surface area contributed by atoms with Crippen molar-refractivity contribution in [3.8, 4) is 0 Å². The van der Waals surface area contributed by atoms with Crippen LogP contribution in [0.25, 0.3) is 0 Å². The van der Waals surface area contributed by atoms with E-state index in [-0.39, 0.29) is 19.1 Å². The molecule has 1 rings (SSSR count). The maximum Gasteiger partial charge on any atom is 0.406 e. The third-order valence-electron chi connectivity index (χ3n) is 3.15. The smallest absolute Gasteiger partial charge is 0.406 e. The van der Waals surface area contributed by atoms with Crippen molar-refractivity contribution in [3.05, 3.63) is 0 Å². The molecule has 20 heavy (non-hydrogen) atoms. The number of amides is 2. The molecule has 1 aliphatic carbocycles. The maximum atomic E-state index is 12.5. The fourth-order valence-electron chi connectivity index (χ4n) is 1.87. The molecular weight excluding hydrogens is 277 g/mol. The summed E-state index contributed by atoms with van der Waals surface area (Å²) in [7, 11) is 0. The molecule has 0 saturated heterocycles. The van der Waals surface area contributed by atoms with Crippen LogP contribution in [0.15, 0.2) is 0 Å². The monoisotopic (exact) mass is 296 g/mol. The Labute approximate surface area is 115 Å². The molecule has 0 spiro atoms. The highest BCUT2D eigenvalue weighted by Crippen LogP contribution is 2.31. The van der Waals surface area contributed by atoms with Gasteiger partial charge in [-0.2, -0.15) is 13.2 Å². The van der Waals surface area contributed by atoms with Crippen molar-refractivity contribution in [2.75, 3.05) is 19.6 Å².